The number of aromatic nitrogens is 2. The Morgan fingerprint density at radius 2 is 1.61 bits per heavy atom. The fraction of sp³-hybridized carbons (Fsp3) is 0.474. The molecule has 0 saturated heterocycles. The van der Waals surface area contributed by atoms with E-state index in [1.165, 1.54) is 11.1 Å². The molecule has 2 aromatic rings. The van der Waals surface area contributed by atoms with E-state index >= 15 is 0 Å². The maximum atomic E-state index is 11.8. The number of nitrogens with zero attached hydrogens (tertiary/aromatic N) is 1. The predicted molar refractivity (Wildman–Crippen MR) is 98.3 cm³/mol. The first-order chi connectivity index (χ1) is 10.6. The molecule has 2 rings (SSSR count). The van der Waals surface area contributed by atoms with Gasteiger partial charge in [-0.05, 0) is 16.5 Å². The zero-order valence-corrected chi connectivity index (χ0v) is 15.7. The Bertz CT molecular complexity index is 719. The molecule has 0 aliphatic heterocycles. The van der Waals surface area contributed by atoms with Gasteiger partial charge in [0.2, 0.25) is 0 Å². The lowest BCUT2D eigenvalue weighted by atomic mass is 9.87. The summed E-state index contributed by atoms with van der Waals surface area (Å²) in [5, 5.41) is 0.683. The zero-order chi connectivity index (χ0) is 17.3. The lowest BCUT2D eigenvalue weighted by Crippen LogP contribution is -2.19. The molecule has 124 valence electrons. The number of hydrogen-bond acceptors (Lipinski definition) is 3. The molecule has 0 atom stereocenters. The van der Waals surface area contributed by atoms with Gasteiger partial charge in [-0.1, -0.05) is 77.6 Å². The lowest BCUT2D eigenvalue weighted by Gasteiger charge is -2.19. The van der Waals surface area contributed by atoms with Crippen molar-refractivity contribution in [3.63, 3.8) is 0 Å². The summed E-state index contributed by atoms with van der Waals surface area (Å²) in [4.78, 5) is 19.2. The fourth-order valence-electron chi connectivity index (χ4n) is 2.14. The van der Waals surface area contributed by atoms with Crippen molar-refractivity contribution in [2.45, 2.75) is 63.3 Å². The minimum Gasteiger partial charge on any atom is -0.301 e. The summed E-state index contributed by atoms with van der Waals surface area (Å²) >= 11 is 1.56. The van der Waals surface area contributed by atoms with Gasteiger partial charge in [-0.3, -0.25) is 4.79 Å². The highest BCUT2D eigenvalue weighted by Gasteiger charge is 2.17. The Balaban J connectivity index is 2.12. The molecule has 0 spiro atoms. The maximum Gasteiger partial charge on any atom is 0.251 e. The van der Waals surface area contributed by atoms with Crippen LogP contribution in [0.3, 0.4) is 0 Å². The van der Waals surface area contributed by atoms with Crippen LogP contribution in [0.2, 0.25) is 0 Å². The van der Waals surface area contributed by atoms with E-state index in [0.717, 1.165) is 11.4 Å². The Hall–Kier alpha value is -1.55. The van der Waals surface area contributed by atoms with Crippen molar-refractivity contribution in [1.82, 2.24) is 9.97 Å². The van der Waals surface area contributed by atoms with E-state index in [1.807, 2.05) is 0 Å². The van der Waals surface area contributed by atoms with E-state index < -0.39 is 0 Å². The number of rotatable bonds is 3. The van der Waals surface area contributed by atoms with Crippen LogP contribution in [-0.4, -0.2) is 9.97 Å². The number of H-pyrrole nitrogens is 1. The minimum absolute atomic E-state index is 0.0875. The first kappa shape index (κ1) is 17.8. The van der Waals surface area contributed by atoms with Crippen molar-refractivity contribution in [3.8, 4) is 0 Å². The van der Waals surface area contributed by atoms with Gasteiger partial charge in [0.15, 0.2) is 5.16 Å². The Morgan fingerprint density at radius 1 is 1.00 bits per heavy atom. The Morgan fingerprint density at radius 3 is 2.13 bits per heavy atom. The molecule has 0 fully saturated rings. The molecule has 23 heavy (non-hydrogen) atoms. The van der Waals surface area contributed by atoms with Crippen LogP contribution >= 0.6 is 11.8 Å². The van der Waals surface area contributed by atoms with Gasteiger partial charge in [0.25, 0.3) is 5.56 Å². The number of aromatic amines is 1. The van der Waals surface area contributed by atoms with E-state index in [1.54, 1.807) is 17.8 Å². The van der Waals surface area contributed by atoms with Crippen LogP contribution in [0.1, 0.15) is 58.4 Å². The number of thioether (sulfide) groups is 1. The van der Waals surface area contributed by atoms with Crippen molar-refractivity contribution in [2.75, 3.05) is 0 Å². The average Bonchev–Trinajstić information content (AvgIpc) is 2.43. The summed E-state index contributed by atoms with van der Waals surface area (Å²) in [5.41, 5.74) is 3.33. The van der Waals surface area contributed by atoms with Crippen LogP contribution in [0, 0.1) is 0 Å². The topological polar surface area (TPSA) is 45.8 Å². The third kappa shape index (κ3) is 4.96. The van der Waals surface area contributed by atoms with Crippen molar-refractivity contribution in [2.24, 2.45) is 0 Å². The smallest absolute Gasteiger partial charge is 0.251 e. The molecular weight excluding hydrogens is 304 g/mol. The van der Waals surface area contributed by atoms with Crippen LogP contribution < -0.4 is 5.56 Å². The third-order valence-electron chi connectivity index (χ3n) is 3.68. The van der Waals surface area contributed by atoms with Crippen molar-refractivity contribution in [1.29, 1.82) is 0 Å². The molecule has 0 aliphatic carbocycles. The van der Waals surface area contributed by atoms with Gasteiger partial charge < -0.3 is 4.98 Å². The molecule has 0 bridgehead atoms. The van der Waals surface area contributed by atoms with E-state index in [9.17, 15) is 4.79 Å². The van der Waals surface area contributed by atoms with E-state index in [4.69, 9.17) is 0 Å². The molecule has 3 nitrogen and oxygen atoms in total. The summed E-state index contributed by atoms with van der Waals surface area (Å²) in [5.74, 6) is 0.793. The van der Waals surface area contributed by atoms with E-state index in [2.05, 4.69) is 75.8 Å². The molecule has 0 unspecified atom stereocenters. The maximum absolute atomic E-state index is 11.8. The molecule has 0 radical (unpaired) electrons. The Kier molecular flexibility index (Phi) is 5.04. The third-order valence-corrected chi connectivity index (χ3v) is 4.63. The van der Waals surface area contributed by atoms with Crippen LogP contribution in [0.5, 0.6) is 0 Å². The van der Waals surface area contributed by atoms with Gasteiger partial charge in [-0.25, -0.2) is 4.98 Å². The molecule has 1 heterocycles. The van der Waals surface area contributed by atoms with Gasteiger partial charge in [0.05, 0.1) is 5.69 Å². The van der Waals surface area contributed by atoms with Gasteiger partial charge in [0, 0.05) is 17.2 Å². The SMILES string of the molecule is CC(C)(C)c1ccc(CSc2nc(C(C)(C)C)cc(=O)[nH]2)cc1. The number of benzene rings is 1. The van der Waals surface area contributed by atoms with Crippen molar-refractivity contribution < 1.29 is 0 Å². The normalized spacial score (nSPS) is 12.4. The molecule has 0 aliphatic rings. The van der Waals surface area contributed by atoms with Gasteiger partial charge in [-0.15, -0.1) is 0 Å². The molecule has 1 N–H and O–H groups in total. The van der Waals surface area contributed by atoms with E-state index in [0.29, 0.717) is 5.16 Å². The second-order valence-corrected chi connectivity index (χ2v) is 8.89. The van der Waals surface area contributed by atoms with Gasteiger partial charge in [-0.2, -0.15) is 0 Å². The summed E-state index contributed by atoms with van der Waals surface area (Å²) < 4.78 is 0. The van der Waals surface area contributed by atoms with Crippen molar-refractivity contribution in [3.05, 3.63) is 57.5 Å². The molecule has 1 aromatic carbocycles. The standard InChI is InChI=1S/C19H26N2OS/c1-18(2,3)14-9-7-13(8-10-14)12-23-17-20-15(19(4,5)6)11-16(22)21-17/h7-11H,12H2,1-6H3,(H,20,21,22). The van der Waals surface area contributed by atoms with Crippen LogP contribution in [-0.2, 0) is 16.6 Å². The van der Waals surface area contributed by atoms with Gasteiger partial charge in [0.1, 0.15) is 0 Å². The first-order valence-electron chi connectivity index (χ1n) is 7.90. The first-order valence-corrected chi connectivity index (χ1v) is 8.88. The average molecular weight is 330 g/mol. The highest BCUT2D eigenvalue weighted by atomic mass is 32.2. The highest BCUT2D eigenvalue weighted by molar-refractivity contribution is 7.98. The number of nitrogens with one attached hydrogen (secondary N) is 1. The van der Waals surface area contributed by atoms with E-state index in [-0.39, 0.29) is 16.4 Å². The van der Waals surface area contributed by atoms with Gasteiger partial charge >= 0.3 is 0 Å². The summed E-state index contributed by atoms with van der Waals surface area (Å²) in [6.45, 7) is 12.8. The Labute approximate surface area is 142 Å². The van der Waals surface area contributed by atoms with Crippen LogP contribution in [0.4, 0.5) is 0 Å². The molecule has 0 amide bonds. The fourth-order valence-corrected chi connectivity index (χ4v) is 2.97. The minimum atomic E-state index is -0.127. The van der Waals surface area contributed by atoms with Crippen molar-refractivity contribution >= 4 is 11.8 Å². The summed E-state index contributed by atoms with van der Waals surface area (Å²) in [6.07, 6.45) is 0. The quantitative estimate of drug-likeness (QED) is 0.658. The van der Waals surface area contributed by atoms with Crippen LogP contribution in [0.25, 0.3) is 0 Å². The van der Waals surface area contributed by atoms with Crippen LogP contribution in [0.15, 0.2) is 40.3 Å². The highest BCUT2D eigenvalue weighted by Crippen LogP contribution is 2.25. The predicted octanol–water partition coefficient (Wildman–Crippen LogP) is 4.66. The molecule has 4 heteroatoms. The molecule has 1 aromatic heterocycles. The second-order valence-electron chi connectivity index (χ2n) is 7.92. The zero-order valence-electron chi connectivity index (χ0n) is 14.9. The summed E-state index contributed by atoms with van der Waals surface area (Å²) in [6, 6.07) is 10.2. The largest absolute Gasteiger partial charge is 0.301 e. The second kappa shape index (κ2) is 6.52. The molecular formula is C19H26N2OS. The molecule has 0 saturated carbocycles. The lowest BCUT2D eigenvalue weighted by molar-refractivity contribution is 0.556. The summed E-state index contributed by atoms with van der Waals surface area (Å²) in [7, 11) is 0. The number of hydrogen-bond donors (Lipinski definition) is 1. The monoisotopic (exact) mass is 330 g/mol.